The lowest BCUT2D eigenvalue weighted by Gasteiger charge is -2.05. The van der Waals surface area contributed by atoms with Crippen molar-refractivity contribution in [3.8, 4) is 0 Å². The fourth-order valence-corrected chi connectivity index (χ4v) is 1.79. The highest BCUT2D eigenvalue weighted by Gasteiger charge is 2.06. The first kappa shape index (κ1) is 13.5. The molecule has 0 aliphatic carbocycles. The van der Waals surface area contributed by atoms with Crippen LogP contribution in [0.1, 0.15) is 6.42 Å². The van der Waals surface area contributed by atoms with Crippen molar-refractivity contribution in [3.05, 3.63) is 30.1 Å². The van der Waals surface area contributed by atoms with Gasteiger partial charge in [0.2, 0.25) is 5.91 Å². The first-order chi connectivity index (χ1) is 8.09. The van der Waals surface area contributed by atoms with Crippen LogP contribution in [-0.4, -0.2) is 28.5 Å². The van der Waals surface area contributed by atoms with Gasteiger partial charge >= 0.3 is 5.97 Å². The molecule has 0 saturated carbocycles. The van der Waals surface area contributed by atoms with E-state index in [1.165, 1.54) is 30.0 Å². The highest BCUT2D eigenvalue weighted by atomic mass is 32.2. The van der Waals surface area contributed by atoms with Crippen molar-refractivity contribution in [2.45, 2.75) is 6.42 Å². The minimum absolute atomic E-state index is 0.0116. The molecule has 6 heteroatoms. The minimum Gasteiger partial charge on any atom is -0.481 e. The summed E-state index contributed by atoms with van der Waals surface area (Å²) in [6.45, 7) is 0. The molecule has 0 spiro atoms. The van der Waals surface area contributed by atoms with E-state index in [1.807, 2.05) is 0 Å². The largest absolute Gasteiger partial charge is 0.481 e. The van der Waals surface area contributed by atoms with Gasteiger partial charge in [0.05, 0.1) is 17.9 Å². The molecule has 17 heavy (non-hydrogen) atoms. The molecule has 1 aromatic rings. The number of nitrogens with one attached hydrogen (secondary N) is 1. The Morgan fingerprint density at radius 2 is 2.06 bits per heavy atom. The molecule has 92 valence electrons. The van der Waals surface area contributed by atoms with Crippen LogP contribution in [0.15, 0.2) is 24.3 Å². The normalized spacial score (nSPS) is 9.94. The van der Waals surface area contributed by atoms with Gasteiger partial charge in [0.1, 0.15) is 5.82 Å². The van der Waals surface area contributed by atoms with Crippen molar-refractivity contribution in [1.29, 1.82) is 0 Å². The first-order valence-corrected chi connectivity index (χ1v) is 6.09. The Hall–Kier alpha value is -1.56. The van der Waals surface area contributed by atoms with Gasteiger partial charge in [-0.25, -0.2) is 4.39 Å². The van der Waals surface area contributed by atoms with Crippen LogP contribution in [-0.2, 0) is 9.59 Å². The molecule has 2 N–H and O–H groups in total. The molecule has 0 aliphatic rings. The number of carbonyl (C=O) groups is 2. The summed E-state index contributed by atoms with van der Waals surface area (Å²) in [6.07, 6.45) is 0.0116. The summed E-state index contributed by atoms with van der Waals surface area (Å²) < 4.78 is 13.1. The van der Waals surface area contributed by atoms with Crippen LogP contribution in [0.2, 0.25) is 0 Å². The highest BCUT2D eigenvalue weighted by Crippen LogP contribution is 2.13. The van der Waals surface area contributed by atoms with Crippen molar-refractivity contribution >= 4 is 29.3 Å². The number of rotatable bonds is 6. The van der Waals surface area contributed by atoms with Crippen LogP contribution >= 0.6 is 11.8 Å². The van der Waals surface area contributed by atoms with E-state index in [-0.39, 0.29) is 23.8 Å². The second-order valence-electron chi connectivity index (χ2n) is 3.22. The second-order valence-corrected chi connectivity index (χ2v) is 4.33. The second kappa shape index (κ2) is 6.90. The third-order valence-corrected chi connectivity index (χ3v) is 2.80. The molecule has 4 nitrogen and oxygen atoms in total. The number of carbonyl (C=O) groups excluding carboxylic acids is 1. The molecule has 0 aromatic heterocycles. The number of para-hydroxylation sites is 1. The molecule has 0 heterocycles. The smallest absolute Gasteiger partial charge is 0.304 e. The molecule has 0 atom stereocenters. The number of amides is 1. The zero-order chi connectivity index (χ0) is 12.7. The number of thioether (sulfide) groups is 1. The number of carboxylic acids is 1. The predicted octanol–water partition coefficient (Wildman–Crippen LogP) is 1.97. The third-order valence-electron chi connectivity index (χ3n) is 1.84. The van der Waals surface area contributed by atoms with Gasteiger partial charge in [-0.1, -0.05) is 12.1 Å². The molecule has 0 saturated heterocycles. The molecule has 0 fully saturated rings. The standard InChI is InChI=1S/C11H12FNO3S/c12-8-3-1-2-4-9(8)13-10(14)7-17-6-5-11(15)16/h1-4H,5-7H2,(H,13,14)(H,15,16). The summed E-state index contributed by atoms with van der Waals surface area (Å²) in [5.41, 5.74) is 0.135. The van der Waals surface area contributed by atoms with E-state index in [1.54, 1.807) is 6.07 Å². The monoisotopic (exact) mass is 257 g/mol. The summed E-state index contributed by atoms with van der Waals surface area (Å²) in [4.78, 5) is 21.6. The molecule has 0 radical (unpaired) electrons. The van der Waals surface area contributed by atoms with Crippen LogP contribution in [0.5, 0.6) is 0 Å². The van der Waals surface area contributed by atoms with Crippen molar-refractivity contribution in [2.75, 3.05) is 16.8 Å². The maximum atomic E-state index is 13.1. The number of carboxylic acid groups (broad SMARTS) is 1. The summed E-state index contributed by atoms with van der Waals surface area (Å²) >= 11 is 1.20. The van der Waals surface area contributed by atoms with E-state index < -0.39 is 11.8 Å². The number of benzene rings is 1. The average molecular weight is 257 g/mol. The van der Waals surface area contributed by atoms with Gasteiger partial charge in [-0.15, -0.1) is 0 Å². The molecule has 1 rings (SSSR count). The molecular formula is C11H12FNO3S. The lowest BCUT2D eigenvalue weighted by Crippen LogP contribution is -2.15. The van der Waals surface area contributed by atoms with E-state index >= 15 is 0 Å². The fraction of sp³-hybridized carbons (Fsp3) is 0.273. The highest BCUT2D eigenvalue weighted by molar-refractivity contribution is 7.99. The number of anilines is 1. The Labute approximate surface area is 102 Å². The predicted molar refractivity (Wildman–Crippen MR) is 64.6 cm³/mol. The lowest BCUT2D eigenvalue weighted by molar-refractivity contribution is -0.136. The molecular weight excluding hydrogens is 245 g/mol. The molecule has 1 aromatic carbocycles. The topological polar surface area (TPSA) is 66.4 Å². The fourth-order valence-electron chi connectivity index (χ4n) is 1.07. The van der Waals surface area contributed by atoms with E-state index in [4.69, 9.17) is 5.11 Å². The van der Waals surface area contributed by atoms with E-state index in [9.17, 15) is 14.0 Å². The molecule has 0 bridgehead atoms. The average Bonchev–Trinajstić information content (AvgIpc) is 2.27. The Morgan fingerprint density at radius 3 is 2.71 bits per heavy atom. The Balaban J connectivity index is 2.30. The first-order valence-electron chi connectivity index (χ1n) is 4.93. The maximum Gasteiger partial charge on any atom is 0.304 e. The van der Waals surface area contributed by atoms with Gasteiger partial charge in [-0.3, -0.25) is 9.59 Å². The number of halogens is 1. The quantitative estimate of drug-likeness (QED) is 0.765. The van der Waals surface area contributed by atoms with Crippen LogP contribution in [0.3, 0.4) is 0 Å². The van der Waals surface area contributed by atoms with Crippen molar-refractivity contribution in [1.82, 2.24) is 0 Å². The van der Waals surface area contributed by atoms with E-state index in [0.717, 1.165) is 0 Å². The third kappa shape index (κ3) is 5.35. The maximum absolute atomic E-state index is 13.1. The summed E-state index contributed by atoms with van der Waals surface area (Å²) in [5.74, 6) is -1.25. The van der Waals surface area contributed by atoms with Gasteiger partial charge in [-0.2, -0.15) is 11.8 Å². The SMILES string of the molecule is O=C(O)CCSCC(=O)Nc1ccccc1F. The summed E-state index contributed by atoms with van der Waals surface area (Å²) in [7, 11) is 0. The molecule has 0 unspecified atom stereocenters. The Bertz CT molecular complexity index is 411. The molecule has 1 amide bonds. The zero-order valence-electron chi connectivity index (χ0n) is 8.98. The van der Waals surface area contributed by atoms with E-state index in [0.29, 0.717) is 5.75 Å². The van der Waals surface area contributed by atoms with Crippen LogP contribution in [0, 0.1) is 5.82 Å². The van der Waals surface area contributed by atoms with Crippen LogP contribution in [0.25, 0.3) is 0 Å². The van der Waals surface area contributed by atoms with Crippen molar-refractivity contribution in [2.24, 2.45) is 0 Å². The van der Waals surface area contributed by atoms with Crippen molar-refractivity contribution < 1.29 is 19.1 Å². The number of hydrogen-bond acceptors (Lipinski definition) is 3. The Morgan fingerprint density at radius 1 is 1.35 bits per heavy atom. The van der Waals surface area contributed by atoms with Gasteiger partial charge in [0, 0.05) is 5.75 Å². The van der Waals surface area contributed by atoms with E-state index in [2.05, 4.69) is 5.32 Å². The van der Waals surface area contributed by atoms with Crippen molar-refractivity contribution in [3.63, 3.8) is 0 Å². The number of hydrogen-bond donors (Lipinski definition) is 2. The lowest BCUT2D eigenvalue weighted by atomic mass is 10.3. The number of aliphatic carboxylic acids is 1. The van der Waals surface area contributed by atoms with Gasteiger partial charge in [0.25, 0.3) is 0 Å². The minimum atomic E-state index is -0.896. The van der Waals surface area contributed by atoms with Crippen LogP contribution < -0.4 is 5.32 Å². The zero-order valence-corrected chi connectivity index (χ0v) is 9.80. The summed E-state index contributed by atoms with van der Waals surface area (Å²) in [5, 5.41) is 10.8. The van der Waals surface area contributed by atoms with Gasteiger partial charge in [-0.05, 0) is 12.1 Å². The van der Waals surface area contributed by atoms with Crippen LogP contribution in [0.4, 0.5) is 10.1 Å². The Kier molecular flexibility index (Phi) is 5.48. The van der Waals surface area contributed by atoms with Gasteiger partial charge in [0.15, 0.2) is 0 Å². The van der Waals surface area contributed by atoms with Gasteiger partial charge < -0.3 is 10.4 Å². The molecule has 0 aliphatic heterocycles. The summed E-state index contributed by atoms with van der Waals surface area (Å²) in [6, 6.07) is 5.88.